The number of aliphatic hydroxyl groups excluding tert-OH is 1. The average Bonchev–Trinajstić information content (AvgIpc) is 2.63. The van der Waals surface area contributed by atoms with Gasteiger partial charge in [0.25, 0.3) is 0 Å². The highest BCUT2D eigenvalue weighted by Crippen LogP contribution is 2.22. The van der Waals surface area contributed by atoms with Crippen molar-refractivity contribution in [2.45, 2.75) is 18.8 Å². The van der Waals surface area contributed by atoms with Crippen LogP contribution in [0.3, 0.4) is 0 Å². The van der Waals surface area contributed by atoms with E-state index in [1.807, 2.05) is 36.4 Å². The highest BCUT2D eigenvalue weighted by Gasteiger charge is 2.23. The molecule has 0 amide bonds. The molecular weight excluding hydrogens is 321 g/mol. The van der Waals surface area contributed by atoms with Gasteiger partial charge in [-0.2, -0.15) is 0 Å². The normalized spacial score (nSPS) is 19.7. The zero-order valence-corrected chi connectivity index (χ0v) is 14.2. The third-order valence-corrected chi connectivity index (χ3v) is 4.26. The Hall–Kier alpha value is -1.79. The Kier molecular flexibility index (Phi) is 6.53. The second-order valence-electron chi connectivity index (χ2n) is 6.33. The number of β-amino-alcohol motifs (C(OH)–C–C–N with tert-alkyl or cyclic N) is 1. The van der Waals surface area contributed by atoms with Gasteiger partial charge in [-0.3, -0.25) is 4.90 Å². The van der Waals surface area contributed by atoms with E-state index in [0.717, 1.165) is 17.7 Å². The lowest BCUT2D eigenvalue weighted by Crippen LogP contribution is -2.43. The van der Waals surface area contributed by atoms with Crippen molar-refractivity contribution in [3.63, 3.8) is 0 Å². The van der Waals surface area contributed by atoms with Crippen LogP contribution < -0.4 is 0 Å². The molecule has 1 aliphatic rings. The number of hydrogen-bond acceptors (Lipinski definition) is 4. The first kappa shape index (κ1) is 18.0. The fourth-order valence-corrected chi connectivity index (χ4v) is 3.01. The van der Waals surface area contributed by atoms with Crippen LogP contribution in [0.25, 0.3) is 0 Å². The molecule has 0 bridgehead atoms. The predicted octanol–water partition coefficient (Wildman–Crippen LogP) is 2.78. The van der Waals surface area contributed by atoms with Crippen LogP contribution in [0.4, 0.5) is 4.39 Å². The SMILES string of the molecule is O[C@@H](COCc1ccccc1)CN1CCO[C@H](c2cccc(F)c2)C1. The number of ether oxygens (including phenoxy) is 2. The van der Waals surface area contributed by atoms with Gasteiger partial charge in [0.1, 0.15) is 5.82 Å². The van der Waals surface area contributed by atoms with E-state index in [4.69, 9.17) is 9.47 Å². The smallest absolute Gasteiger partial charge is 0.123 e. The maximum Gasteiger partial charge on any atom is 0.123 e. The van der Waals surface area contributed by atoms with E-state index in [1.54, 1.807) is 6.07 Å². The van der Waals surface area contributed by atoms with Gasteiger partial charge >= 0.3 is 0 Å². The molecule has 1 N–H and O–H groups in total. The van der Waals surface area contributed by atoms with E-state index < -0.39 is 6.10 Å². The van der Waals surface area contributed by atoms with Crippen molar-refractivity contribution in [1.29, 1.82) is 0 Å². The van der Waals surface area contributed by atoms with Gasteiger partial charge in [-0.05, 0) is 23.3 Å². The standard InChI is InChI=1S/C20H24FNO3/c21-18-8-4-7-17(11-18)20-13-22(9-10-25-20)12-19(23)15-24-14-16-5-2-1-3-6-16/h1-8,11,19-20,23H,9-10,12-15H2/t19-,20+/m1/s1. The maximum absolute atomic E-state index is 13.4. The number of nitrogens with zero attached hydrogens (tertiary/aromatic N) is 1. The minimum Gasteiger partial charge on any atom is -0.389 e. The second-order valence-corrected chi connectivity index (χ2v) is 6.33. The average molecular weight is 345 g/mol. The minimum absolute atomic E-state index is 0.165. The first-order valence-corrected chi connectivity index (χ1v) is 8.60. The number of rotatable bonds is 7. The highest BCUT2D eigenvalue weighted by atomic mass is 19.1. The monoisotopic (exact) mass is 345 g/mol. The number of morpholine rings is 1. The molecule has 1 saturated heterocycles. The van der Waals surface area contributed by atoms with Crippen molar-refractivity contribution in [1.82, 2.24) is 4.90 Å². The molecule has 2 aromatic carbocycles. The number of aliphatic hydroxyl groups is 1. The van der Waals surface area contributed by atoms with Gasteiger partial charge in [0.2, 0.25) is 0 Å². The highest BCUT2D eigenvalue weighted by molar-refractivity contribution is 5.19. The molecule has 0 saturated carbocycles. The molecule has 0 spiro atoms. The summed E-state index contributed by atoms with van der Waals surface area (Å²) >= 11 is 0. The summed E-state index contributed by atoms with van der Waals surface area (Å²) in [6.45, 7) is 3.26. The minimum atomic E-state index is -0.560. The van der Waals surface area contributed by atoms with Crippen LogP contribution >= 0.6 is 0 Å². The molecule has 1 aliphatic heterocycles. The van der Waals surface area contributed by atoms with E-state index in [9.17, 15) is 9.50 Å². The lowest BCUT2D eigenvalue weighted by molar-refractivity contribution is -0.0537. The third kappa shape index (κ3) is 5.61. The molecule has 2 aromatic rings. The fourth-order valence-electron chi connectivity index (χ4n) is 3.01. The van der Waals surface area contributed by atoms with E-state index >= 15 is 0 Å². The molecule has 5 heteroatoms. The number of hydrogen-bond donors (Lipinski definition) is 1. The van der Waals surface area contributed by atoms with Crippen LogP contribution in [0.2, 0.25) is 0 Å². The van der Waals surface area contributed by atoms with Crippen LogP contribution in [0.1, 0.15) is 17.2 Å². The van der Waals surface area contributed by atoms with Crippen molar-refractivity contribution in [2.75, 3.05) is 32.8 Å². The van der Waals surface area contributed by atoms with Gasteiger partial charge in [-0.25, -0.2) is 4.39 Å². The van der Waals surface area contributed by atoms with E-state index in [0.29, 0.717) is 26.3 Å². The quantitative estimate of drug-likeness (QED) is 0.838. The van der Waals surface area contributed by atoms with Gasteiger partial charge in [0, 0.05) is 19.6 Å². The summed E-state index contributed by atoms with van der Waals surface area (Å²) in [6.07, 6.45) is -0.725. The molecule has 0 aromatic heterocycles. The van der Waals surface area contributed by atoms with Gasteiger partial charge < -0.3 is 14.6 Å². The first-order chi connectivity index (χ1) is 12.2. The molecule has 0 unspecified atom stereocenters. The summed E-state index contributed by atoms with van der Waals surface area (Å²) in [6, 6.07) is 16.4. The third-order valence-electron chi connectivity index (χ3n) is 4.26. The summed E-state index contributed by atoms with van der Waals surface area (Å²) in [5.41, 5.74) is 1.92. The maximum atomic E-state index is 13.4. The van der Waals surface area contributed by atoms with E-state index in [2.05, 4.69) is 4.90 Å². The van der Waals surface area contributed by atoms with E-state index in [1.165, 1.54) is 12.1 Å². The Morgan fingerprint density at radius 1 is 1.20 bits per heavy atom. The summed E-state index contributed by atoms with van der Waals surface area (Å²) in [5, 5.41) is 10.2. The largest absolute Gasteiger partial charge is 0.389 e. The lowest BCUT2D eigenvalue weighted by atomic mass is 10.1. The zero-order chi connectivity index (χ0) is 17.5. The van der Waals surface area contributed by atoms with Crippen LogP contribution in [-0.4, -0.2) is 49.0 Å². The first-order valence-electron chi connectivity index (χ1n) is 8.60. The Morgan fingerprint density at radius 3 is 2.84 bits per heavy atom. The van der Waals surface area contributed by atoms with Gasteiger partial charge in [-0.15, -0.1) is 0 Å². The van der Waals surface area contributed by atoms with Crippen LogP contribution in [-0.2, 0) is 16.1 Å². The second kappa shape index (κ2) is 9.06. The summed E-state index contributed by atoms with van der Waals surface area (Å²) in [7, 11) is 0. The molecule has 1 heterocycles. The Morgan fingerprint density at radius 2 is 2.04 bits per heavy atom. The zero-order valence-electron chi connectivity index (χ0n) is 14.2. The molecule has 2 atom stereocenters. The molecule has 1 fully saturated rings. The topological polar surface area (TPSA) is 41.9 Å². The Balaban J connectivity index is 1.44. The Labute approximate surface area is 147 Å². The van der Waals surface area contributed by atoms with E-state index in [-0.39, 0.29) is 18.5 Å². The van der Waals surface area contributed by atoms with Gasteiger partial charge in [-0.1, -0.05) is 42.5 Å². The summed E-state index contributed by atoms with van der Waals surface area (Å²) in [5.74, 6) is -0.257. The molecule has 25 heavy (non-hydrogen) atoms. The fraction of sp³-hybridized carbons (Fsp3) is 0.400. The van der Waals surface area contributed by atoms with Gasteiger partial charge in [0.05, 0.1) is 32.0 Å². The molecular formula is C20H24FNO3. The lowest BCUT2D eigenvalue weighted by Gasteiger charge is -2.34. The Bertz CT molecular complexity index is 652. The van der Waals surface area contributed by atoms with Gasteiger partial charge in [0.15, 0.2) is 0 Å². The molecule has 4 nitrogen and oxygen atoms in total. The van der Waals surface area contributed by atoms with Crippen LogP contribution in [0.15, 0.2) is 54.6 Å². The molecule has 134 valence electrons. The molecule has 3 rings (SSSR count). The van der Waals surface area contributed by atoms with Crippen LogP contribution in [0, 0.1) is 5.82 Å². The van der Waals surface area contributed by atoms with Crippen molar-refractivity contribution in [3.8, 4) is 0 Å². The van der Waals surface area contributed by atoms with Crippen molar-refractivity contribution < 1.29 is 19.0 Å². The number of benzene rings is 2. The molecule has 0 radical (unpaired) electrons. The van der Waals surface area contributed by atoms with Crippen molar-refractivity contribution in [3.05, 3.63) is 71.5 Å². The van der Waals surface area contributed by atoms with Crippen molar-refractivity contribution >= 4 is 0 Å². The predicted molar refractivity (Wildman–Crippen MR) is 93.6 cm³/mol. The van der Waals surface area contributed by atoms with Crippen molar-refractivity contribution in [2.24, 2.45) is 0 Å². The van der Waals surface area contributed by atoms with Crippen LogP contribution in [0.5, 0.6) is 0 Å². The molecule has 0 aliphatic carbocycles. The summed E-state index contributed by atoms with van der Waals surface area (Å²) < 4.78 is 24.7. The summed E-state index contributed by atoms with van der Waals surface area (Å²) in [4.78, 5) is 2.13. The number of halogens is 1.